The Labute approximate surface area is 119 Å². The Morgan fingerprint density at radius 1 is 1.16 bits per heavy atom. The topological polar surface area (TPSA) is 21.8 Å². The number of hydrogen-bond acceptors (Lipinski definition) is 4. The molecule has 0 saturated carbocycles. The highest BCUT2D eigenvalue weighted by molar-refractivity contribution is 4.94. The number of piperidine rings is 1. The molecule has 2 aliphatic heterocycles. The van der Waals surface area contributed by atoms with Gasteiger partial charge in [0.25, 0.3) is 0 Å². The molecule has 0 aromatic carbocycles. The minimum absolute atomic E-state index is 0.351. The van der Waals surface area contributed by atoms with Crippen molar-refractivity contribution in [3.8, 4) is 0 Å². The molecule has 0 aliphatic carbocycles. The molecule has 0 bridgehead atoms. The van der Waals surface area contributed by atoms with E-state index in [1.807, 2.05) is 0 Å². The van der Waals surface area contributed by atoms with Gasteiger partial charge in [0.15, 0.2) is 0 Å². The van der Waals surface area contributed by atoms with Gasteiger partial charge in [-0.05, 0) is 40.8 Å². The number of likely N-dealkylation sites (tertiary alicyclic amines) is 1. The van der Waals surface area contributed by atoms with Crippen molar-refractivity contribution in [2.75, 3.05) is 59.9 Å². The summed E-state index contributed by atoms with van der Waals surface area (Å²) in [6.45, 7) is 13.3. The average Bonchev–Trinajstić information content (AvgIpc) is 2.37. The summed E-state index contributed by atoms with van der Waals surface area (Å²) in [5, 5.41) is 3.46. The molecule has 0 amide bonds. The first-order chi connectivity index (χ1) is 8.99. The second-order valence-electron chi connectivity index (χ2n) is 7.04. The maximum atomic E-state index is 3.46. The van der Waals surface area contributed by atoms with E-state index in [0.717, 1.165) is 6.04 Å². The van der Waals surface area contributed by atoms with E-state index in [1.54, 1.807) is 0 Å². The molecule has 4 heteroatoms. The molecule has 19 heavy (non-hydrogen) atoms. The van der Waals surface area contributed by atoms with Crippen molar-refractivity contribution in [2.24, 2.45) is 0 Å². The summed E-state index contributed by atoms with van der Waals surface area (Å²) >= 11 is 0. The summed E-state index contributed by atoms with van der Waals surface area (Å²) in [6.07, 6.45) is 2.66. The van der Waals surface area contributed by atoms with Crippen molar-refractivity contribution in [1.82, 2.24) is 20.0 Å². The fraction of sp³-hybridized carbons (Fsp3) is 1.00. The summed E-state index contributed by atoms with van der Waals surface area (Å²) in [6, 6.07) is 0.799. The predicted octanol–water partition coefficient (Wildman–Crippen LogP) is 0.696. The number of piperazine rings is 1. The molecule has 1 N–H and O–H groups in total. The van der Waals surface area contributed by atoms with Gasteiger partial charge in [0.05, 0.1) is 0 Å². The van der Waals surface area contributed by atoms with E-state index in [4.69, 9.17) is 0 Å². The van der Waals surface area contributed by atoms with Crippen LogP contribution < -0.4 is 5.32 Å². The van der Waals surface area contributed by atoms with Crippen LogP contribution in [0.4, 0.5) is 0 Å². The van der Waals surface area contributed by atoms with Crippen molar-refractivity contribution >= 4 is 0 Å². The Balaban J connectivity index is 1.86. The van der Waals surface area contributed by atoms with Crippen molar-refractivity contribution in [1.29, 1.82) is 0 Å². The summed E-state index contributed by atoms with van der Waals surface area (Å²) < 4.78 is 0. The highest BCUT2D eigenvalue weighted by Gasteiger charge is 2.36. The van der Waals surface area contributed by atoms with E-state index in [0.29, 0.717) is 5.54 Å². The molecular formula is C15H32N4. The lowest BCUT2D eigenvalue weighted by Gasteiger charge is -2.49. The zero-order chi connectivity index (χ0) is 13.9. The lowest BCUT2D eigenvalue weighted by atomic mass is 9.86. The molecule has 2 rings (SSSR count). The lowest BCUT2D eigenvalue weighted by molar-refractivity contribution is 0.0110. The van der Waals surface area contributed by atoms with Crippen LogP contribution in [-0.2, 0) is 0 Å². The quantitative estimate of drug-likeness (QED) is 0.810. The van der Waals surface area contributed by atoms with Gasteiger partial charge in [0.2, 0.25) is 0 Å². The zero-order valence-corrected chi connectivity index (χ0v) is 13.3. The fourth-order valence-corrected chi connectivity index (χ4v) is 3.51. The molecule has 2 heterocycles. The second-order valence-corrected chi connectivity index (χ2v) is 7.04. The SMILES string of the molecule is CN(C)CCN1CCC(N2CCNCC2)CC1(C)C. The Kier molecular flexibility index (Phi) is 5.23. The molecular weight excluding hydrogens is 236 g/mol. The van der Waals surface area contributed by atoms with Gasteiger partial charge in [0.1, 0.15) is 0 Å². The molecule has 2 saturated heterocycles. The smallest absolute Gasteiger partial charge is 0.0168 e. The highest BCUT2D eigenvalue weighted by Crippen LogP contribution is 2.30. The summed E-state index contributed by atoms with van der Waals surface area (Å²) in [5.41, 5.74) is 0.351. The molecule has 1 unspecified atom stereocenters. The van der Waals surface area contributed by atoms with Crippen LogP contribution in [0, 0.1) is 0 Å². The Hall–Kier alpha value is -0.160. The van der Waals surface area contributed by atoms with Gasteiger partial charge < -0.3 is 10.2 Å². The number of nitrogens with zero attached hydrogens (tertiary/aromatic N) is 3. The van der Waals surface area contributed by atoms with Crippen LogP contribution in [0.1, 0.15) is 26.7 Å². The minimum Gasteiger partial charge on any atom is -0.314 e. The number of nitrogens with one attached hydrogen (secondary N) is 1. The molecule has 0 radical (unpaired) electrons. The zero-order valence-electron chi connectivity index (χ0n) is 13.3. The van der Waals surface area contributed by atoms with E-state index < -0.39 is 0 Å². The lowest BCUT2D eigenvalue weighted by Crippen LogP contribution is -2.58. The third kappa shape index (κ3) is 4.15. The van der Waals surface area contributed by atoms with Crippen molar-refractivity contribution in [3.63, 3.8) is 0 Å². The Morgan fingerprint density at radius 2 is 1.84 bits per heavy atom. The Morgan fingerprint density at radius 3 is 2.42 bits per heavy atom. The first-order valence-electron chi connectivity index (χ1n) is 7.83. The van der Waals surface area contributed by atoms with Gasteiger partial charge in [-0.15, -0.1) is 0 Å². The van der Waals surface area contributed by atoms with E-state index in [9.17, 15) is 0 Å². The number of rotatable bonds is 4. The van der Waals surface area contributed by atoms with E-state index >= 15 is 0 Å². The van der Waals surface area contributed by atoms with Crippen molar-refractivity contribution < 1.29 is 0 Å². The molecule has 1 atom stereocenters. The van der Waals surface area contributed by atoms with Gasteiger partial charge in [-0.2, -0.15) is 0 Å². The van der Waals surface area contributed by atoms with Gasteiger partial charge in [-0.1, -0.05) is 0 Å². The van der Waals surface area contributed by atoms with Crippen LogP contribution in [0.25, 0.3) is 0 Å². The van der Waals surface area contributed by atoms with Crippen LogP contribution in [0.2, 0.25) is 0 Å². The number of hydrogen-bond donors (Lipinski definition) is 1. The summed E-state index contributed by atoms with van der Waals surface area (Å²) in [4.78, 5) is 7.69. The third-order valence-electron chi connectivity index (χ3n) is 4.81. The molecule has 112 valence electrons. The van der Waals surface area contributed by atoms with Crippen LogP contribution in [0.5, 0.6) is 0 Å². The molecule has 2 fully saturated rings. The molecule has 0 aromatic rings. The van der Waals surface area contributed by atoms with Crippen LogP contribution in [0.3, 0.4) is 0 Å². The first kappa shape index (κ1) is 15.2. The average molecular weight is 268 g/mol. The van der Waals surface area contributed by atoms with E-state index in [2.05, 4.69) is 48.0 Å². The molecule has 4 nitrogen and oxygen atoms in total. The fourth-order valence-electron chi connectivity index (χ4n) is 3.51. The van der Waals surface area contributed by atoms with Gasteiger partial charge >= 0.3 is 0 Å². The van der Waals surface area contributed by atoms with Crippen molar-refractivity contribution in [3.05, 3.63) is 0 Å². The minimum atomic E-state index is 0.351. The van der Waals surface area contributed by atoms with Crippen LogP contribution in [0.15, 0.2) is 0 Å². The van der Waals surface area contributed by atoms with Gasteiger partial charge in [0, 0.05) is 57.4 Å². The predicted molar refractivity (Wildman–Crippen MR) is 81.7 cm³/mol. The van der Waals surface area contributed by atoms with E-state index in [1.165, 1.54) is 58.7 Å². The largest absolute Gasteiger partial charge is 0.314 e. The molecule has 2 aliphatic rings. The normalized spacial score (nSPS) is 29.8. The van der Waals surface area contributed by atoms with Crippen LogP contribution in [-0.4, -0.2) is 86.2 Å². The first-order valence-corrected chi connectivity index (χ1v) is 7.83. The standard InChI is InChI=1S/C15H32N4/c1-15(2)13-14(18-9-6-16-7-10-18)5-8-19(15)12-11-17(3)4/h14,16H,5-13H2,1-4H3. The van der Waals surface area contributed by atoms with Gasteiger partial charge in [-0.3, -0.25) is 9.80 Å². The molecule has 0 aromatic heterocycles. The summed E-state index contributed by atoms with van der Waals surface area (Å²) in [7, 11) is 4.33. The van der Waals surface area contributed by atoms with Gasteiger partial charge in [-0.25, -0.2) is 0 Å². The maximum absolute atomic E-state index is 3.46. The maximum Gasteiger partial charge on any atom is 0.0168 e. The van der Waals surface area contributed by atoms with Crippen molar-refractivity contribution in [2.45, 2.75) is 38.3 Å². The second kappa shape index (κ2) is 6.53. The highest BCUT2D eigenvalue weighted by atomic mass is 15.3. The summed E-state index contributed by atoms with van der Waals surface area (Å²) in [5.74, 6) is 0. The monoisotopic (exact) mass is 268 g/mol. The third-order valence-corrected chi connectivity index (χ3v) is 4.81. The Bertz CT molecular complexity index is 271. The molecule has 0 spiro atoms. The van der Waals surface area contributed by atoms with Crippen LogP contribution >= 0.6 is 0 Å². The number of likely N-dealkylation sites (N-methyl/N-ethyl adjacent to an activating group) is 1. The van der Waals surface area contributed by atoms with E-state index in [-0.39, 0.29) is 0 Å².